The molecule has 0 spiro atoms. The maximum absolute atomic E-state index is 11.7. The molecule has 0 bridgehead atoms. The van der Waals surface area contributed by atoms with Crippen molar-refractivity contribution < 1.29 is 14.7 Å². The summed E-state index contributed by atoms with van der Waals surface area (Å²) in [4.78, 5) is 22.9. The third-order valence-electron chi connectivity index (χ3n) is 2.46. The number of rotatable bonds is 5. The van der Waals surface area contributed by atoms with Gasteiger partial charge in [-0.2, -0.15) is 0 Å². The summed E-state index contributed by atoms with van der Waals surface area (Å²) < 4.78 is 1.32. The van der Waals surface area contributed by atoms with Crippen LogP contribution in [0.15, 0.2) is 42.7 Å². The van der Waals surface area contributed by atoms with E-state index in [0.717, 1.165) is 0 Å². The lowest BCUT2D eigenvalue weighted by molar-refractivity contribution is -0.142. The molecule has 1 amide bonds. The van der Waals surface area contributed by atoms with E-state index in [0.29, 0.717) is 5.56 Å². The van der Waals surface area contributed by atoms with Gasteiger partial charge >= 0.3 is 5.97 Å². The van der Waals surface area contributed by atoms with Gasteiger partial charge in [-0.05, 0) is 5.56 Å². The van der Waals surface area contributed by atoms with Gasteiger partial charge in [-0.1, -0.05) is 35.5 Å². The maximum Gasteiger partial charge on any atom is 0.330 e. The molecule has 19 heavy (non-hydrogen) atoms. The van der Waals surface area contributed by atoms with Gasteiger partial charge in [0.05, 0.1) is 6.20 Å². The predicted octanol–water partition coefficient (Wildman–Crippen LogP) is 0.220. The van der Waals surface area contributed by atoms with Crippen LogP contribution in [0.4, 0.5) is 0 Å². The molecule has 2 rings (SSSR count). The quantitative estimate of drug-likeness (QED) is 0.801. The number of amides is 1. The Morgan fingerprint density at radius 2 is 2.05 bits per heavy atom. The number of hydrogen-bond acceptors (Lipinski definition) is 4. The lowest BCUT2D eigenvalue weighted by atomic mass is 10.1. The second kappa shape index (κ2) is 5.76. The summed E-state index contributed by atoms with van der Waals surface area (Å²) in [6, 6.07) is 7.43. The number of carboxylic acid groups (broad SMARTS) is 1. The lowest BCUT2D eigenvalue weighted by Crippen LogP contribution is -2.36. The smallest absolute Gasteiger partial charge is 0.330 e. The van der Waals surface area contributed by atoms with Crippen LogP contribution in [0.25, 0.3) is 0 Å². The van der Waals surface area contributed by atoms with E-state index >= 15 is 0 Å². The van der Waals surface area contributed by atoms with Crippen molar-refractivity contribution in [2.75, 3.05) is 0 Å². The van der Waals surface area contributed by atoms with E-state index in [1.54, 1.807) is 30.3 Å². The van der Waals surface area contributed by atoms with E-state index in [9.17, 15) is 9.59 Å². The Hall–Kier alpha value is -2.70. The molecule has 0 aliphatic rings. The number of aliphatic carboxylic acids is 1. The monoisotopic (exact) mass is 260 g/mol. The van der Waals surface area contributed by atoms with Gasteiger partial charge in [0.1, 0.15) is 6.54 Å². The van der Waals surface area contributed by atoms with E-state index in [1.807, 2.05) is 0 Å². The third kappa shape index (κ3) is 3.38. The maximum atomic E-state index is 11.7. The zero-order chi connectivity index (χ0) is 13.7. The first-order chi connectivity index (χ1) is 9.16. The number of carboxylic acids is 1. The predicted molar refractivity (Wildman–Crippen MR) is 65.0 cm³/mol. The van der Waals surface area contributed by atoms with Crippen molar-refractivity contribution in [2.24, 2.45) is 0 Å². The van der Waals surface area contributed by atoms with Crippen LogP contribution in [0.5, 0.6) is 0 Å². The molecule has 98 valence electrons. The van der Waals surface area contributed by atoms with Gasteiger partial charge in [-0.15, -0.1) is 5.10 Å². The number of benzene rings is 1. The Morgan fingerprint density at radius 1 is 1.32 bits per heavy atom. The molecule has 0 aliphatic heterocycles. The minimum absolute atomic E-state index is 0.0728. The zero-order valence-electron chi connectivity index (χ0n) is 9.93. The number of nitrogens with zero attached hydrogens (tertiary/aromatic N) is 3. The average molecular weight is 260 g/mol. The van der Waals surface area contributed by atoms with E-state index in [4.69, 9.17) is 5.11 Å². The van der Waals surface area contributed by atoms with Gasteiger partial charge in [0, 0.05) is 6.20 Å². The van der Waals surface area contributed by atoms with Crippen LogP contribution in [0, 0.1) is 0 Å². The Kier molecular flexibility index (Phi) is 3.87. The molecule has 1 aromatic heterocycles. The molecule has 7 nitrogen and oxygen atoms in total. The van der Waals surface area contributed by atoms with Crippen molar-refractivity contribution >= 4 is 11.9 Å². The molecular weight excluding hydrogens is 248 g/mol. The molecule has 0 saturated heterocycles. The fraction of sp³-hybridized carbons (Fsp3) is 0.167. The Balaban J connectivity index is 2.05. The number of aromatic nitrogens is 3. The van der Waals surface area contributed by atoms with Gasteiger partial charge in [0.25, 0.3) is 0 Å². The summed E-state index contributed by atoms with van der Waals surface area (Å²) in [5, 5.41) is 18.8. The largest absolute Gasteiger partial charge is 0.479 e. The standard InChI is InChI=1S/C12H12N4O3/c17-10(8-16-7-6-13-15-16)14-11(12(18)19)9-4-2-1-3-5-9/h1-7,11H,8H2,(H,14,17)(H,18,19)/t11-/m0/s1. The Morgan fingerprint density at radius 3 is 2.63 bits per heavy atom. The molecule has 1 atom stereocenters. The Labute approximate surface area is 108 Å². The van der Waals surface area contributed by atoms with Crippen molar-refractivity contribution in [3.8, 4) is 0 Å². The highest BCUT2D eigenvalue weighted by Crippen LogP contribution is 2.12. The zero-order valence-corrected chi connectivity index (χ0v) is 9.93. The molecule has 2 N–H and O–H groups in total. The first-order valence-corrected chi connectivity index (χ1v) is 5.58. The molecule has 1 heterocycles. The van der Waals surface area contributed by atoms with Crippen molar-refractivity contribution in [1.29, 1.82) is 0 Å². The molecule has 0 saturated carbocycles. The van der Waals surface area contributed by atoms with Gasteiger partial charge in [0.2, 0.25) is 5.91 Å². The number of nitrogens with one attached hydrogen (secondary N) is 1. The lowest BCUT2D eigenvalue weighted by Gasteiger charge is -2.14. The highest BCUT2D eigenvalue weighted by Gasteiger charge is 2.21. The summed E-state index contributed by atoms with van der Waals surface area (Å²) in [5.41, 5.74) is 0.516. The minimum atomic E-state index is -1.11. The second-order valence-corrected chi connectivity index (χ2v) is 3.85. The van der Waals surface area contributed by atoms with Crippen molar-refractivity contribution in [2.45, 2.75) is 12.6 Å². The summed E-state index contributed by atoms with van der Waals surface area (Å²) >= 11 is 0. The van der Waals surface area contributed by atoms with Crippen LogP contribution in [-0.2, 0) is 16.1 Å². The highest BCUT2D eigenvalue weighted by atomic mass is 16.4. The molecule has 2 aromatic rings. The van der Waals surface area contributed by atoms with Crippen LogP contribution in [0.2, 0.25) is 0 Å². The number of carbonyl (C=O) groups excluding carboxylic acids is 1. The van der Waals surface area contributed by atoms with Crippen molar-refractivity contribution in [3.63, 3.8) is 0 Å². The van der Waals surface area contributed by atoms with Crippen molar-refractivity contribution in [3.05, 3.63) is 48.3 Å². The molecule has 0 unspecified atom stereocenters. The van der Waals surface area contributed by atoms with Crippen LogP contribution < -0.4 is 5.32 Å². The fourth-order valence-electron chi connectivity index (χ4n) is 1.60. The topological polar surface area (TPSA) is 97.1 Å². The SMILES string of the molecule is O=C(Cn1ccnn1)N[C@H](C(=O)O)c1ccccc1. The summed E-state index contributed by atoms with van der Waals surface area (Å²) in [6.07, 6.45) is 2.97. The first kappa shape index (κ1) is 12.7. The summed E-state index contributed by atoms with van der Waals surface area (Å²) in [5.74, 6) is -1.56. The average Bonchev–Trinajstić information content (AvgIpc) is 2.89. The molecule has 7 heteroatoms. The van der Waals surface area contributed by atoms with Crippen molar-refractivity contribution in [1.82, 2.24) is 20.3 Å². The van der Waals surface area contributed by atoms with Gasteiger partial charge in [0.15, 0.2) is 6.04 Å². The van der Waals surface area contributed by atoms with Crippen LogP contribution >= 0.6 is 0 Å². The highest BCUT2D eigenvalue weighted by molar-refractivity contribution is 5.84. The van der Waals surface area contributed by atoms with E-state index in [1.165, 1.54) is 17.1 Å². The molecule has 1 aromatic carbocycles. The van der Waals surface area contributed by atoms with Crippen LogP contribution in [0.3, 0.4) is 0 Å². The van der Waals surface area contributed by atoms with Gasteiger partial charge in [-0.25, -0.2) is 9.48 Å². The van der Waals surface area contributed by atoms with E-state index in [-0.39, 0.29) is 6.54 Å². The second-order valence-electron chi connectivity index (χ2n) is 3.85. The molecular formula is C12H12N4O3. The van der Waals surface area contributed by atoms with E-state index in [2.05, 4.69) is 15.6 Å². The normalized spacial score (nSPS) is 11.8. The fourth-order valence-corrected chi connectivity index (χ4v) is 1.60. The first-order valence-electron chi connectivity index (χ1n) is 5.58. The van der Waals surface area contributed by atoms with Crippen LogP contribution in [0.1, 0.15) is 11.6 Å². The molecule has 0 radical (unpaired) electrons. The number of carbonyl (C=O) groups is 2. The summed E-state index contributed by atoms with van der Waals surface area (Å²) in [6.45, 7) is -0.0728. The van der Waals surface area contributed by atoms with Gasteiger partial charge < -0.3 is 10.4 Å². The Bertz CT molecular complexity index is 554. The van der Waals surface area contributed by atoms with Gasteiger partial charge in [-0.3, -0.25) is 4.79 Å². The van der Waals surface area contributed by atoms with E-state index < -0.39 is 17.9 Å². The van der Waals surface area contributed by atoms with Crippen LogP contribution in [-0.4, -0.2) is 32.0 Å². The molecule has 0 fully saturated rings. The molecule has 0 aliphatic carbocycles. The summed E-state index contributed by atoms with van der Waals surface area (Å²) in [7, 11) is 0. The third-order valence-corrected chi connectivity index (χ3v) is 2.46. The minimum Gasteiger partial charge on any atom is -0.479 e. The number of hydrogen-bond donors (Lipinski definition) is 2.